The van der Waals surface area contributed by atoms with Gasteiger partial charge in [-0.2, -0.15) is 4.98 Å². The molecule has 0 spiro atoms. The minimum absolute atomic E-state index is 0.00979. The Morgan fingerprint density at radius 1 is 1.45 bits per heavy atom. The molecule has 1 saturated heterocycles. The summed E-state index contributed by atoms with van der Waals surface area (Å²) in [5, 5.41) is 10.3. The highest BCUT2D eigenvalue weighted by molar-refractivity contribution is 6.17. The number of anilines is 1. The summed E-state index contributed by atoms with van der Waals surface area (Å²) in [6, 6.07) is 1.33. The smallest absolute Gasteiger partial charge is 0.351 e. The number of aromatic nitrogens is 2. The van der Waals surface area contributed by atoms with E-state index in [1.165, 1.54) is 12.3 Å². The first kappa shape index (κ1) is 23.6. The second kappa shape index (κ2) is 11.5. The average Bonchev–Trinajstić information content (AvgIpc) is 2.98. The lowest BCUT2D eigenvalue weighted by Gasteiger charge is -2.23. The van der Waals surface area contributed by atoms with Crippen LogP contribution in [-0.2, 0) is 14.3 Å². The van der Waals surface area contributed by atoms with Gasteiger partial charge < -0.3 is 20.3 Å². The van der Waals surface area contributed by atoms with Gasteiger partial charge in [-0.05, 0) is 18.9 Å². The number of halogens is 2. The van der Waals surface area contributed by atoms with Crippen molar-refractivity contribution in [1.29, 1.82) is 0 Å². The number of carbonyl (C=O) groups is 1. The van der Waals surface area contributed by atoms with E-state index in [1.807, 2.05) is 0 Å². The minimum atomic E-state index is -1.86. The number of aliphatic hydroxyl groups is 1. The molecule has 1 aliphatic rings. The monoisotopic (exact) mass is 433 g/mol. The number of esters is 1. The van der Waals surface area contributed by atoms with Crippen molar-refractivity contribution in [2.75, 3.05) is 11.6 Å². The molecule has 0 radical (unpaired) electrons. The van der Waals surface area contributed by atoms with Crippen molar-refractivity contribution < 1.29 is 23.8 Å². The van der Waals surface area contributed by atoms with Crippen molar-refractivity contribution in [3.05, 3.63) is 22.7 Å². The van der Waals surface area contributed by atoms with Gasteiger partial charge in [-0.15, -0.1) is 11.6 Å². The van der Waals surface area contributed by atoms with E-state index in [2.05, 4.69) is 11.9 Å². The third-order valence-electron chi connectivity index (χ3n) is 4.87. The fourth-order valence-corrected chi connectivity index (χ4v) is 3.52. The molecule has 0 amide bonds. The van der Waals surface area contributed by atoms with Crippen molar-refractivity contribution in [2.45, 2.75) is 82.6 Å². The molecule has 0 saturated carbocycles. The third-order valence-corrected chi connectivity index (χ3v) is 5.09. The fourth-order valence-electron chi connectivity index (χ4n) is 3.30. The first-order valence-corrected chi connectivity index (χ1v) is 10.5. The number of carbonyl (C=O) groups excluding carboxylic acids is 1. The van der Waals surface area contributed by atoms with Gasteiger partial charge in [0, 0.05) is 18.5 Å². The number of nitrogen functional groups attached to an aromatic ring is 1. The summed E-state index contributed by atoms with van der Waals surface area (Å²) in [7, 11) is 0. The van der Waals surface area contributed by atoms with Gasteiger partial charge in [0.2, 0.25) is 0 Å². The number of ether oxygens (including phenoxy) is 2. The Hall–Kier alpha value is -1.71. The van der Waals surface area contributed by atoms with Gasteiger partial charge in [-0.1, -0.05) is 32.6 Å². The minimum Gasteiger partial charge on any atom is -0.456 e. The maximum Gasteiger partial charge on any atom is 0.351 e. The lowest BCUT2D eigenvalue weighted by molar-refractivity contribution is -0.158. The van der Waals surface area contributed by atoms with Crippen LogP contribution in [0.1, 0.15) is 58.1 Å². The average molecular weight is 434 g/mol. The van der Waals surface area contributed by atoms with Gasteiger partial charge in [0.05, 0.1) is 6.10 Å². The van der Waals surface area contributed by atoms with E-state index in [4.69, 9.17) is 26.8 Å². The van der Waals surface area contributed by atoms with E-state index < -0.39 is 42.4 Å². The Morgan fingerprint density at radius 3 is 2.83 bits per heavy atom. The van der Waals surface area contributed by atoms with Crippen LogP contribution >= 0.6 is 11.6 Å². The van der Waals surface area contributed by atoms with E-state index in [9.17, 15) is 14.7 Å². The molecule has 1 fully saturated rings. The summed E-state index contributed by atoms with van der Waals surface area (Å²) >= 11 is 5.67. The summed E-state index contributed by atoms with van der Waals surface area (Å²) in [5.74, 6) is -0.460. The molecule has 0 bridgehead atoms. The van der Waals surface area contributed by atoms with Crippen LogP contribution in [-0.4, -0.2) is 51.0 Å². The Labute approximate surface area is 174 Å². The summed E-state index contributed by atoms with van der Waals surface area (Å²) in [6.07, 6.45) is -0.664. The first-order valence-electron chi connectivity index (χ1n) is 9.96. The number of alkyl halides is 2. The molecule has 8 nitrogen and oxygen atoms in total. The van der Waals surface area contributed by atoms with Crippen molar-refractivity contribution in [2.24, 2.45) is 0 Å². The molecule has 0 aromatic carbocycles. The SMILES string of the molecule is CCCCCCCC(=O)O[C@H]1[C@@H](F)[C@H](n2ccc(N)nc2=O)O[C@@H]1C(O)CCCl. The molecule has 164 valence electrons. The molecule has 29 heavy (non-hydrogen) atoms. The molecule has 10 heteroatoms. The maximum atomic E-state index is 15.2. The van der Waals surface area contributed by atoms with E-state index in [-0.39, 0.29) is 24.5 Å². The van der Waals surface area contributed by atoms with Crippen LogP contribution in [0.5, 0.6) is 0 Å². The van der Waals surface area contributed by atoms with Crippen molar-refractivity contribution in [3.63, 3.8) is 0 Å². The molecule has 0 aliphatic carbocycles. The van der Waals surface area contributed by atoms with Gasteiger partial charge in [0.15, 0.2) is 18.5 Å². The highest BCUT2D eigenvalue weighted by Gasteiger charge is 2.51. The van der Waals surface area contributed by atoms with E-state index in [0.717, 1.165) is 30.3 Å². The second-order valence-corrected chi connectivity index (χ2v) is 7.52. The third kappa shape index (κ3) is 6.38. The fraction of sp³-hybridized carbons (Fsp3) is 0.737. The summed E-state index contributed by atoms with van der Waals surface area (Å²) in [4.78, 5) is 27.8. The van der Waals surface area contributed by atoms with Crippen molar-refractivity contribution in [3.8, 4) is 0 Å². The lowest BCUT2D eigenvalue weighted by atomic mass is 10.0. The predicted octanol–water partition coefficient (Wildman–Crippen LogP) is 2.32. The number of nitrogens with two attached hydrogens (primary N) is 1. The number of aliphatic hydroxyl groups excluding tert-OH is 1. The lowest BCUT2D eigenvalue weighted by Crippen LogP contribution is -2.41. The molecule has 5 atom stereocenters. The largest absolute Gasteiger partial charge is 0.456 e. The number of hydrogen-bond donors (Lipinski definition) is 2. The van der Waals surface area contributed by atoms with Crippen LogP contribution in [0.3, 0.4) is 0 Å². The molecule has 2 rings (SSSR count). The Bertz CT molecular complexity index is 719. The first-order chi connectivity index (χ1) is 13.9. The van der Waals surface area contributed by atoms with E-state index in [1.54, 1.807) is 0 Å². The number of unbranched alkanes of at least 4 members (excludes halogenated alkanes) is 4. The topological polar surface area (TPSA) is 117 Å². The van der Waals surface area contributed by atoms with Crippen LogP contribution in [0, 0.1) is 0 Å². The highest BCUT2D eigenvalue weighted by Crippen LogP contribution is 2.35. The normalized spacial score (nSPS) is 25.1. The van der Waals surface area contributed by atoms with E-state index >= 15 is 4.39 Å². The molecule has 3 N–H and O–H groups in total. The highest BCUT2D eigenvalue weighted by atomic mass is 35.5. The molecule has 1 aromatic rings. The van der Waals surface area contributed by atoms with Crippen LogP contribution in [0.15, 0.2) is 17.1 Å². The quantitative estimate of drug-likeness (QED) is 0.312. The number of nitrogens with zero attached hydrogens (tertiary/aromatic N) is 2. The molecule has 1 aromatic heterocycles. The standard InChI is InChI=1S/C19H29ClFN3O5/c1-2-3-4-5-6-7-14(26)28-17-15(21)18(29-16(17)12(25)8-10-20)24-11-9-13(22)23-19(24)27/h9,11-12,15-18,25H,2-8,10H2,1H3,(H2,22,23,27)/t12?,15-,16-,17+,18-/m1/s1. The Morgan fingerprint density at radius 2 is 2.17 bits per heavy atom. The Balaban J connectivity index is 2.09. The molecular formula is C19H29ClFN3O5. The summed E-state index contributed by atoms with van der Waals surface area (Å²) < 4.78 is 27.0. The molecule has 2 heterocycles. The van der Waals surface area contributed by atoms with Gasteiger partial charge >= 0.3 is 11.7 Å². The zero-order chi connectivity index (χ0) is 21.4. The van der Waals surface area contributed by atoms with Crippen LogP contribution in [0.25, 0.3) is 0 Å². The van der Waals surface area contributed by atoms with Gasteiger partial charge in [-0.25, -0.2) is 9.18 Å². The number of rotatable bonds is 11. The van der Waals surface area contributed by atoms with E-state index in [0.29, 0.717) is 6.42 Å². The van der Waals surface area contributed by atoms with Gasteiger partial charge in [0.1, 0.15) is 11.9 Å². The maximum absolute atomic E-state index is 15.2. The molecule has 1 unspecified atom stereocenters. The van der Waals surface area contributed by atoms with Crippen LogP contribution < -0.4 is 11.4 Å². The Kier molecular flexibility index (Phi) is 9.32. The van der Waals surface area contributed by atoms with Crippen molar-refractivity contribution >= 4 is 23.4 Å². The zero-order valence-corrected chi connectivity index (χ0v) is 17.3. The molecule has 1 aliphatic heterocycles. The molecular weight excluding hydrogens is 405 g/mol. The van der Waals surface area contributed by atoms with Crippen molar-refractivity contribution in [1.82, 2.24) is 9.55 Å². The van der Waals surface area contributed by atoms with Crippen LogP contribution in [0.4, 0.5) is 10.2 Å². The van der Waals surface area contributed by atoms with Gasteiger partial charge in [0.25, 0.3) is 0 Å². The second-order valence-electron chi connectivity index (χ2n) is 7.14. The zero-order valence-electron chi connectivity index (χ0n) is 16.5. The summed E-state index contributed by atoms with van der Waals surface area (Å²) in [5.41, 5.74) is 4.66. The van der Waals surface area contributed by atoms with Gasteiger partial charge in [-0.3, -0.25) is 9.36 Å². The van der Waals surface area contributed by atoms with Crippen LogP contribution in [0.2, 0.25) is 0 Å². The predicted molar refractivity (Wildman–Crippen MR) is 106 cm³/mol. The summed E-state index contributed by atoms with van der Waals surface area (Å²) in [6.45, 7) is 2.10. The number of hydrogen-bond acceptors (Lipinski definition) is 7.